The van der Waals surface area contributed by atoms with E-state index in [-0.39, 0.29) is 17.5 Å². The summed E-state index contributed by atoms with van der Waals surface area (Å²) in [4.78, 5) is 32.6. The summed E-state index contributed by atoms with van der Waals surface area (Å²) in [5, 5.41) is 3.35. The van der Waals surface area contributed by atoms with Crippen LogP contribution in [-0.2, 0) is 4.79 Å². The molecule has 2 heterocycles. The van der Waals surface area contributed by atoms with Crippen LogP contribution < -0.4 is 10.9 Å². The second-order valence-electron chi connectivity index (χ2n) is 5.09. The van der Waals surface area contributed by atoms with Crippen LogP contribution >= 0.6 is 0 Å². The van der Waals surface area contributed by atoms with Crippen molar-refractivity contribution >= 4 is 22.5 Å². The predicted octanol–water partition coefficient (Wildman–Crippen LogP) is 0.956. The molecular formula is C14H16N4O2. The van der Waals surface area contributed by atoms with Crippen LogP contribution in [0.15, 0.2) is 29.3 Å². The molecule has 104 valence electrons. The van der Waals surface area contributed by atoms with E-state index in [2.05, 4.69) is 15.3 Å². The zero-order chi connectivity index (χ0) is 14.1. The highest BCUT2D eigenvalue weighted by Gasteiger charge is 2.27. The van der Waals surface area contributed by atoms with Crippen LogP contribution in [0.4, 0.5) is 5.69 Å². The first-order chi connectivity index (χ1) is 9.65. The van der Waals surface area contributed by atoms with E-state index < -0.39 is 0 Å². The van der Waals surface area contributed by atoms with E-state index >= 15 is 0 Å². The number of fused-ring (bicyclic) bond motifs is 1. The van der Waals surface area contributed by atoms with Crippen molar-refractivity contribution in [3.05, 3.63) is 34.9 Å². The minimum absolute atomic E-state index is 0.0235. The average molecular weight is 272 g/mol. The van der Waals surface area contributed by atoms with Crippen molar-refractivity contribution in [2.45, 2.75) is 18.9 Å². The Bertz CT molecular complexity index is 710. The molecule has 2 aromatic rings. The fraction of sp³-hybridized carbons (Fsp3) is 0.357. The third-order valence-corrected chi connectivity index (χ3v) is 3.73. The van der Waals surface area contributed by atoms with Gasteiger partial charge < -0.3 is 10.3 Å². The molecule has 0 aliphatic carbocycles. The lowest BCUT2D eigenvalue weighted by atomic mass is 10.2. The number of likely N-dealkylation sites (N-methyl/N-ethyl adjacent to an activating group) is 1. The predicted molar refractivity (Wildman–Crippen MR) is 76.6 cm³/mol. The lowest BCUT2D eigenvalue weighted by Crippen LogP contribution is -2.37. The van der Waals surface area contributed by atoms with Crippen LogP contribution in [0.1, 0.15) is 12.8 Å². The summed E-state index contributed by atoms with van der Waals surface area (Å²) < 4.78 is 0. The van der Waals surface area contributed by atoms with Gasteiger partial charge in [-0.2, -0.15) is 0 Å². The average Bonchev–Trinajstić information content (AvgIpc) is 2.86. The van der Waals surface area contributed by atoms with Crippen molar-refractivity contribution in [3.63, 3.8) is 0 Å². The summed E-state index contributed by atoms with van der Waals surface area (Å²) in [7, 11) is 1.95. The Morgan fingerprint density at radius 3 is 3.10 bits per heavy atom. The van der Waals surface area contributed by atoms with E-state index in [1.54, 1.807) is 18.2 Å². The van der Waals surface area contributed by atoms with Gasteiger partial charge in [0, 0.05) is 5.69 Å². The number of carbonyl (C=O) groups is 1. The Hall–Kier alpha value is -2.21. The minimum atomic E-state index is -0.205. The fourth-order valence-electron chi connectivity index (χ4n) is 2.61. The molecule has 1 aromatic heterocycles. The Morgan fingerprint density at radius 2 is 2.35 bits per heavy atom. The first-order valence-corrected chi connectivity index (χ1v) is 6.64. The molecule has 0 radical (unpaired) electrons. The van der Waals surface area contributed by atoms with Gasteiger partial charge in [-0.25, -0.2) is 4.98 Å². The van der Waals surface area contributed by atoms with Crippen molar-refractivity contribution in [2.24, 2.45) is 0 Å². The third-order valence-electron chi connectivity index (χ3n) is 3.73. The van der Waals surface area contributed by atoms with E-state index in [4.69, 9.17) is 0 Å². The van der Waals surface area contributed by atoms with E-state index in [0.717, 1.165) is 19.4 Å². The van der Waals surface area contributed by atoms with Crippen LogP contribution in [0.25, 0.3) is 10.9 Å². The number of hydrogen-bond donors (Lipinski definition) is 2. The molecule has 20 heavy (non-hydrogen) atoms. The highest BCUT2D eigenvalue weighted by molar-refractivity contribution is 5.96. The van der Waals surface area contributed by atoms with Crippen LogP contribution in [0.3, 0.4) is 0 Å². The SMILES string of the molecule is CN1CCC[C@H]1C(=O)Nc1ccc2nc[nH]c(=O)c2c1. The molecule has 1 aromatic carbocycles. The Balaban J connectivity index is 1.86. The molecule has 0 spiro atoms. The lowest BCUT2D eigenvalue weighted by Gasteiger charge is -2.18. The largest absolute Gasteiger partial charge is 0.325 e. The minimum Gasteiger partial charge on any atom is -0.325 e. The van der Waals surface area contributed by atoms with Gasteiger partial charge in [-0.1, -0.05) is 0 Å². The van der Waals surface area contributed by atoms with Gasteiger partial charge in [0.15, 0.2) is 0 Å². The third kappa shape index (κ3) is 2.30. The number of benzene rings is 1. The number of aromatic nitrogens is 2. The topological polar surface area (TPSA) is 78.1 Å². The highest BCUT2D eigenvalue weighted by atomic mass is 16.2. The molecule has 1 saturated heterocycles. The summed E-state index contributed by atoms with van der Waals surface area (Å²) in [6.45, 7) is 0.944. The van der Waals surface area contributed by atoms with Gasteiger partial charge in [0.25, 0.3) is 5.56 Å². The summed E-state index contributed by atoms with van der Waals surface area (Å²) in [5.41, 5.74) is 1.04. The van der Waals surface area contributed by atoms with Crippen LogP contribution in [0, 0.1) is 0 Å². The molecule has 0 bridgehead atoms. The number of carbonyl (C=O) groups excluding carboxylic acids is 1. The Morgan fingerprint density at radius 1 is 1.50 bits per heavy atom. The molecule has 1 amide bonds. The van der Waals surface area contributed by atoms with E-state index in [0.29, 0.717) is 16.6 Å². The normalized spacial score (nSPS) is 19.4. The summed E-state index contributed by atoms with van der Waals surface area (Å²) in [6, 6.07) is 5.08. The zero-order valence-electron chi connectivity index (χ0n) is 11.2. The molecule has 0 saturated carbocycles. The van der Waals surface area contributed by atoms with Gasteiger partial charge in [0.1, 0.15) is 0 Å². The number of H-pyrrole nitrogens is 1. The number of anilines is 1. The van der Waals surface area contributed by atoms with Crippen LogP contribution in [-0.4, -0.2) is 40.4 Å². The summed E-state index contributed by atoms with van der Waals surface area (Å²) in [6.07, 6.45) is 3.28. The number of rotatable bonds is 2. The van der Waals surface area contributed by atoms with Gasteiger partial charge >= 0.3 is 0 Å². The van der Waals surface area contributed by atoms with E-state index in [9.17, 15) is 9.59 Å². The number of nitrogens with zero attached hydrogens (tertiary/aromatic N) is 2. The standard InChI is InChI=1S/C14H16N4O2/c1-18-6-2-3-12(18)14(20)17-9-4-5-11-10(7-9)13(19)16-8-15-11/h4-5,7-8,12H,2-3,6H2,1H3,(H,17,20)(H,15,16,19)/t12-/m0/s1. The smallest absolute Gasteiger partial charge is 0.258 e. The monoisotopic (exact) mass is 272 g/mol. The van der Waals surface area contributed by atoms with Crippen molar-refractivity contribution in [1.29, 1.82) is 0 Å². The van der Waals surface area contributed by atoms with Crippen LogP contribution in [0.5, 0.6) is 0 Å². The molecular weight excluding hydrogens is 256 g/mol. The first-order valence-electron chi connectivity index (χ1n) is 6.64. The number of likely N-dealkylation sites (tertiary alicyclic amines) is 1. The van der Waals surface area contributed by atoms with Gasteiger partial charge in [0.05, 0.1) is 23.3 Å². The van der Waals surface area contributed by atoms with Crippen molar-refractivity contribution in [1.82, 2.24) is 14.9 Å². The second-order valence-corrected chi connectivity index (χ2v) is 5.09. The quantitative estimate of drug-likeness (QED) is 0.853. The molecule has 3 rings (SSSR count). The van der Waals surface area contributed by atoms with E-state index in [1.165, 1.54) is 6.33 Å². The van der Waals surface area contributed by atoms with Gasteiger partial charge in [-0.3, -0.25) is 14.5 Å². The van der Waals surface area contributed by atoms with Gasteiger partial charge in [-0.05, 0) is 44.6 Å². The molecule has 1 atom stereocenters. The maximum atomic E-state index is 12.2. The fourth-order valence-corrected chi connectivity index (χ4v) is 2.61. The number of nitrogens with one attached hydrogen (secondary N) is 2. The molecule has 0 unspecified atom stereocenters. The molecule has 1 aliphatic heterocycles. The molecule has 6 heteroatoms. The molecule has 1 fully saturated rings. The highest BCUT2D eigenvalue weighted by Crippen LogP contribution is 2.18. The van der Waals surface area contributed by atoms with Crippen molar-refractivity contribution < 1.29 is 4.79 Å². The maximum Gasteiger partial charge on any atom is 0.258 e. The maximum absolute atomic E-state index is 12.2. The summed E-state index contributed by atoms with van der Waals surface area (Å²) >= 11 is 0. The van der Waals surface area contributed by atoms with Gasteiger partial charge in [-0.15, -0.1) is 0 Å². The molecule has 6 nitrogen and oxygen atoms in total. The Labute approximate surface area is 115 Å². The van der Waals surface area contributed by atoms with Gasteiger partial charge in [0.2, 0.25) is 5.91 Å². The second kappa shape index (κ2) is 5.05. The van der Waals surface area contributed by atoms with E-state index in [1.807, 2.05) is 11.9 Å². The van der Waals surface area contributed by atoms with Crippen molar-refractivity contribution in [3.8, 4) is 0 Å². The zero-order valence-corrected chi connectivity index (χ0v) is 11.2. The number of aromatic amines is 1. The molecule has 1 aliphatic rings. The van der Waals surface area contributed by atoms with Crippen LogP contribution in [0.2, 0.25) is 0 Å². The number of amides is 1. The molecule has 2 N–H and O–H groups in total. The summed E-state index contributed by atoms with van der Waals surface area (Å²) in [5.74, 6) is -0.0235. The number of hydrogen-bond acceptors (Lipinski definition) is 4. The Kier molecular flexibility index (Phi) is 3.23. The van der Waals surface area contributed by atoms with Crippen molar-refractivity contribution in [2.75, 3.05) is 18.9 Å². The first kappa shape index (κ1) is 12.8. The lowest BCUT2D eigenvalue weighted by molar-refractivity contribution is -0.119.